The van der Waals surface area contributed by atoms with Crippen LogP contribution in [0.2, 0.25) is 0 Å². The second-order valence-electron chi connectivity index (χ2n) is 7.26. The molecule has 1 aromatic heterocycles. The topological polar surface area (TPSA) is 61.6 Å². The normalized spacial score (nSPS) is 17.4. The molecule has 2 aliphatic heterocycles. The minimum atomic E-state index is -0.383. The smallest absolute Gasteiger partial charge is 0.298 e. The van der Waals surface area contributed by atoms with E-state index >= 15 is 0 Å². The third-order valence-corrected chi connectivity index (χ3v) is 5.28. The molecule has 0 unspecified atom stereocenters. The molecule has 1 N–H and O–H groups in total. The summed E-state index contributed by atoms with van der Waals surface area (Å²) in [6, 6.07) is 5.34. The zero-order valence-electron chi connectivity index (χ0n) is 15.6. The number of benzene rings is 1. The van der Waals surface area contributed by atoms with Gasteiger partial charge in [0.2, 0.25) is 0 Å². The van der Waals surface area contributed by atoms with Gasteiger partial charge in [-0.25, -0.2) is 4.39 Å². The molecule has 2 aliphatic rings. The van der Waals surface area contributed by atoms with Gasteiger partial charge in [-0.3, -0.25) is 4.79 Å². The molecule has 144 valence electrons. The first-order valence-electron chi connectivity index (χ1n) is 9.70. The van der Waals surface area contributed by atoms with E-state index < -0.39 is 0 Å². The highest BCUT2D eigenvalue weighted by atomic mass is 19.1. The van der Waals surface area contributed by atoms with E-state index in [2.05, 4.69) is 15.2 Å². The number of nitrogens with one attached hydrogen (secondary N) is 1. The van der Waals surface area contributed by atoms with Crippen molar-refractivity contribution in [3.05, 3.63) is 35.5 Å². The van der Waals surface area contributed by atoms with E-state index in [1.54, 1.807) is 19.1 Å². The number of hydrogen-bond acceptors (Lipinski definition) is 5. The Morgan fingerprint density at radius 3 is 2.44 bits per heavy atom. The van der Waals surface area contributed by atoms with Gasteiger partial charge in [-0.1, -0.05) is 0 Å². The molecule has 2 aromatic rings. The molecule has 7 heteroatoms. The molecule has 0 aliphatic carbocycles. The number of rotatable bonds is 4. The molecule has 27 heavy (non-hydrogen) atoms. The van der Waals surface area contributed by atoms with Crippen LogP contribution in [-0.4, -0.2) is 37.1 Å². The van der Waals surface area contributed by atoms with Crippen molar-refractivity contribution in [3.63, 3.8) is 0 Å². The van der Waals surface area contributed by atoms with Crippen LogP contribution in [0.3, 0.4) is 0 Å². The molecule has 1 amide bonds. The highest BCUT2D eigenvalue weighted by Gasteiger charge is 2.23. The Morgan fingerprint density at radius 2 is 1.74 bits per heavy atom. The van der Waals surface area contributed by atoms with Crippen LogP contribution in [0.25, 0.3) is 0 Å². The molecule has 0 bridgehead atoms. The van der Waals surface area contributed by atoms with E-state index in [1.807, 2.05) is 4.90 Å². The van der Waals surface area contributed by atoms with Gasteiger partial charge in [-0.2, -0.15) is 4.98 Å². The van der Waals surface area contributed by atoms with Crippen molar-refractivity contribution >= 4 is 23.3 Å². The molecule has 2 fully saturated rings. The van der Waals surface area contributed by atoms with Crippen LogP contribution in [0.4, 0.5) is 21.8 Å². The van der Waals surface area contributed by atoms with Crippen LogP contribution in [0, 0.1) is 12.7 Å². The van der Waals surface area contributed by atoms with Gasteiger partial charge in [0.1, 0.15) is 11.6 Å². The standard InChI is InChI=1S/C20H25FN4O2/c1-14-18(23-20(27-14)25-11-5-6-12-25)19(26)22-15-7-8-17(16(21)13-15)24-9-3-2-4-10-24/h7-8,13H,2-6,9-12H2,1H3,(H,22,26). The molecule has 3 heterocycles. The van der Waals surface area contributed by atoms with E-state index in [9.17, 15) is 9.18 Å². The molecule has 0 saturated carbocycles. The lowest BCUT2D eigenvalue weighted by Gasteiger charge is -2.29. The maximum Gasteiger partial charge on any atom is 0.298 e. The fourth-order valence-electron chi connectivity index (χ4n) is 3.80. The van der Waals surface area contributed by atoms with Crippen LogP contribution in [-0.2, 0) is 0 Å². The highest BCUT2D eigenvalue weighted by molar-refractivity contribution is 6.03. The Labute approximate surface area is 158 Å². The van der Waals surface area contributed by atoms with E-state index in [1.165, 1.54) is 12.5 Å². The summed E-state index contributed by atoms with van der Waals surface area (Å²) >= 11 is 0. The van der Waals surface area contributed by atoms with Gasteiger partial charge in [-0.15, -0.1) is 0 Å². The predicted octanol–water partition coefficient (Wildman–Crippen LogP) is 3.96. The number of hydrogen-bond donors (Lipinski definition) is 1. The minimum Gasteiger partial charge on any atom is -0.428 e. The lowest BCUT2D eigenvalue weighted by Crippen LogP contribution is -2.30. The predicted molar refractivity (Wildman–Crippen MR) is 103 cm³/mol. The Kier molecular flexibility index (Phi) is 5.01. The van der Waals surface area contributed by atoms with E-state index in [-0.39, 0.29) is 17.4 Å². The van der Waals surface area contributed by atoms with Crippen LogP contribution in [0.5, 0.6) is 0 Å². The zero-order valence-corrected chi connectivity index (χ0v) is 15.6. The number of oxazole rings is 1. The van der Waals surface area contributed by atoms with Gasteiger partial charge >= 0.3 is 0 Å². The van der Waals surface area contributed by atoms with Crippen LogP contribution in [0.1, 0.15) is 48.4 Å². The third kappa shape index (κ3) is 3.77. The van der Waals surface area contributed by atoms with Crippen molar-refractivity contribution in [2.75, 3.05) is 41.3 Å². The quantitative estimate of drug-likeness (QED) is 0.880. The van der Waals surface area contributed by atoms with E-state index in [4.69, 9.17) is 4.42 Å². The number of halogens is 1. The molecule has 2 saturated heterocycles. The summed E-state index contributed by atoms with van der Waals surface area (Å²) in [5.41, 5.74) is 1.27. The van der Waals surface area contributed by atoms with Gasteiger partial charge in [0.25, 0.3) is 11.9 Å². The number of aromatic nitrogens is 1. The second-order valence-corrected chi connectivity index (χ2v) is 7.26. The lowest BCUT2D eigenvalue weighted by atomic mass is 10.1. The summed E-state index contributed by atoms with van der Waals surface area (Å²) in [6.45, 7) is 5.26. The summed E-state index contributed by atoms with van der Waals surface area (Å²) in [5, 5.41) is 2.74. The van der Waals surface area contributed by atoms with E-state index in [0.29, 0.717) is 23.1 Å². The molecule has 6 nitrogen and oxygen atoms in total. The van der Waals surface area contributed by atoms with Gasteiger partial charge in [0.05, 0.1) is 5.69 Å². The molecule has 4 rings (SSSR count). The van der Waals surface area contributed by atoms with Gasteiger partial charge in [0.15, 0.2) is 5.69 Å². The van der Waals surface area contributed by atoms with Crippen molar-refractivity contribution in [2.45, 2.75) is 39.0 Å². The molecule has 1 aromatic carbocycles. The Balaban J connectivity index is 1.47. The number of carbonyl (C=O) groups is 1. The number of aryl methyl sites for hydroxylation is 1. The summed E-state index contributed by atoms with van der Waals surface area (Å²) in [5.74, 6) is -0.226. The van der Waals surface area contributed by atoms with Gasteiger partial charge < -0.3 is 19.5 Å². The summed E-state index contributed by atoms with van der Waals surface area (Å²) < 4.78 is 20.2. The Morgan fingerprint density at radius 1 is 1.07 bits per heavy atom. The monoisotopic (exact) mass is 372 g/mol. The molecule has 0 atom stereocenters. The zero-order chi connectivity index (χ0) is 18.8. The van der Waals surface area contributed by atoms with Crippen molar-refractivity contribution in [2.24, 2.45) is 0 Å². The maximum absolute atomic E-state index is 14.5. The number of nitrogens with zero attached hydrogens (tertiary/aromatic N) is 3. The first-order valence-corrected chi connectivity index (χ1v) is 9.70. The number of amides is 1. The average molecular weight is 372 g/mol. The second kappa shape index (κ2) is 7.58. The SMILES string of the molecule is Cc1oc(N2CCCC2)nc1C(=O)Nc1ccc(N2CCCCC2)c(F)c1. The molecule has 0 radical (unpaired) electrons. The summed E-state index contributed by atoms with van der Waals surface area (Å²) in [6.07, 6.45) is 5.57. The first kappa shape index (κ1) is 17.8. The maximum atomic E-state index is 14.5. The van der Waals surface area contributed by atoms with Crippen LogP contribution >= 0.6 is 0 Å². The fraction of sp³-hybridized carbons (Fsp3) is 0.500. The minimum absolute atomic E-state index is 0.248. The first-order chi connectivity index (χ1) is 13.1. The van der Waals surface area contributed by atoms with Gasteiger partial charge in [-0.05, 0) is 57.2 Å². The van der Waals surface area contributed by atoms with Crippen LogP contribution in [0.15, 0.2) is 22.6 Å². The van der Waals surface area contributed by atoms with Crippen LogP contribution < -0.4 is 15.1 Å². The van der Waals surface area contributed by atoms with Crippen molar-refractivity contribution in [1.29, 1.82) is 0 Å². The number of anilines is 3. The lowest BCUT2D eigenvalue weighted by molar-refractivity contribution is 0.102. The molecule has 0 spiro atoms. The summed E-state index contributed by atoms with van der Waals surface area (Å²) in [7, 11) is 0. The van der Waals surface area contributed by atoms with E-state index in [0.717, 1.165) is 51.9 Å². The van der Waals surface area contributed by atoms with Gasteiger partial charge in [0, 0.05) is 31.9 Å². The summed E-state index contributed by atoms with van der Waals surface area (Å²) in [4.78, 5) is 21.0. The molecular formula is C20H25FN4O2. The average Bonchev–Trinajstić information content (AvgIpc) is 3.32. The largest absolute Gasteiger partial charge is 0.428 e. The van der Waals surface area contributed by atoms with Crippen molar-refractivity contribution in [1.82, 2.24) is 4.98 Å². The third-order valence-electron chi connectivity index (χ3n) is 5.28. The Bertz CT molecular complexity index is 823. The number of carbonyl (C=O) groups excluding carboxylic acids is 1. The van der Waals surface area contributed by atoms with Crippen molar-refractivity contribution in [3.8, 4) is 0 Å². The fourth-order valence-corrected chi connectivity index (χ4v) is 3.80. The highest BCUT2D eigenvalue weighted by Crippen LogP contribution is 2.27. The number of piperidine rings is 1. The Hall–Kier alpha value is -2.57. The van der Waals surface area contributed by atoms with Crippen molar-refractivity contribution < 1.29 is 13.6 Å². The molecular weight excluding hydrogens is 347 g/mol.